The number of hydrogen-bond donors (Lipinski definition) is 0. The van der Waals surface area contributed by atoms with E-state index in [0.717, 1.165) is 0 Å². The second-order valence-corrected chi connectivity index (χ2v) is 3.19. The molecule has 4 heteroatoms. The van der Waals surface area contributed by atoms with Gasteiger partial charge in [-0.05, 0) is 12.1 Å². The number of rotatable bonds is 4. The van der Waals surface area contributed by atoms with Gasteiger partial charge in [0.2, 0.25) is 0 Å². The van der Waals surface area contributed by atoms with Crippen molar-refractivity contribution in [3.05, 3.63) is 35.4 Å². The van der Waals surface area contributed by atoms with Crippen molar-refractivity contribution in [1.29, 1.82) is 5.26 Å². The number of nitriles is 1. The Balaban J connectivity index is 2.66. The summed E-state index contributed by atoms with van der Waals surface area (Å²) in [6.45, 7) is 0. The Labute approximate surface area is 93.5 Å². The van der Waals surface area contributed by atoms with Crippen molar-refractivity contribution < 1.29 is 14.3 Å². The van der Waals surface area contributed by atoms with Gasteiger partial charge in [-0.1, -0.05) is 12.1 Å². The van der Waals surface area contributed by atoms with E-state index in [9.17, 15) is 9.59 Å². The average molecular weight is 217 g/mol. The van der Waals surface area contributed by atoms with E-state index < -0.39 is 5.97 Å². The van der Waals surface area contributed by atoms with Crippen LogP contribution in [-0.2, 0) is 9.53 Å². The standard InChI is InChI=1S/C12H11NO3/c1-16-12(15)6-5-11(14)10-4-2-3-9(7-10)8-13/h2-4,7H,5-6H2,1H3. The van der Waals surface area contributed by atoms with Gasteiger partial charge in [0.05, 0.1) is 25.2 Å². The van der Waals surface area contributed by atoms with Gasteiger partial charge in [0, 0.05) is 12.0 Å². The molecule has 0 N–H and O–H groups in total. The summed E-state index contributed by atoms with van der Waals surface area (Å²) in [6.07, 6.45) is 0.160. The molecule has 0 spiro atoms. The maximum absolute atomic E-state index is 11.6. The molecule has 0 aromatic heterocycles. The van der Waals surface area contributed by atoms with Crippen molar-refractivity contribution >= 4 is 11.8 Å². The Morgan fingerprint density at radius 3 is 2.75 bits per heavy atom. The van der Waals surface area contributed by atoms with Crippen LogP contribution >= 0.6 is 0 Å². The summed E-state index contributed by atoms with van der Waals surface area (Å²) in [5.74, 6) is -0.577. The summed E-state index contributed by atoms with van der Waals surface area (Å²) in [4.78, 5) is 22.5. The number of benzene rings is 1. The van der Waals surface area contributed by atoms with E-state index >= 15 is 0 Å². The number of carbonyl (C=O) groups is 2. The van der Waals surface area contributed by atoms with Crippen LogP contribution in [0.5, 0.6) is 0 Å². The molecule has 0 aliphatic carbocycles. The van der Waals surface area contributed by atoms with Crippen molar-refractivity contribution in [2.24, 2.45) is 0 Å². The third kappa shape index (κ3) is 3.21. The first kappa shape index (κ1) is 11.9. The van der Waals surface area contributed by atoms with Gasteiger partial charge in [-0.3, -0.25) is 9.59 Å². The lowest BCUT2D eigenvalue weighted by molar-refractivity contribution is -0.140. The lowest BCUT2D eigenvalue weighted by Crippen LogP contribution is -2.06. The lowest BCUT2D eigenvalue weighted by atomic mass is 10.0. The number of hydrogen-bond acceptors (Lipinski definition) is 4. The van der Waals surface area contributed by atoms with Gasteiger partial charge in [0.1, 0.15) is 0 Å². The predicted octanol–water partition coefficient (Wildman–Crippen LogP) is 1.69. The SMILES string of the molecule is COC(=O)CCC(=O)c1cccc(C#N)c1. The minimum atomic E-state index is -0.412. The number of ketones is 1. The maximum Gasteiger partial charge on any atom is 0.305 e. The predicted molar refractivity (Wildman–Crippen MR) is 56.7 cm³/mol. The number of nitrogens with zero attached hydrogens (tertiary/aromatic N) is 1. The van der Waals surface area contributed by atoms with Gasteiger partial charge in [0.25, 0.3) is 0 Å². The minimum absolute atomic E-state index is 0.0616. The first-order valence-electron chi connectivity index (χ1n) is 4.77. The second kappa shape index (κ2) is 5.66. The van der Waals surface area contributed by atoms with E-state index in [1.807, 2.05) is 6.07 Å². The molecular formula is C12H11NO3. The topological polar surface area (TPSA) is 67.2 Å². The van der Waals surface area contributed by atoms with Gasteiger partial charge in [0.15, 0.2) is 5.78 Å². The van der Waals surface area contributed by atoms with E-state index in [1.165, 1.54) is 13.2 Å². The Bertz CT molecular complexity index is 446. The van der Waals surface area contributed by atoms with Crippen LogP contribution in [0, 0.1) is 11.3 Å². The quantitative estimate of drug-likeness (QED) is 0.568. The highest BCUT2D eigenvalue weighted by atomic mass is 16.5. The van der Waals surface area contributed by atoms with Gasteiger partial charge in [-0.25, -0.2) is 0 Å². The molecule has 0 heterocycles. The van der Waals surface area contributed by atoms with Crippen LogP contribution < -0.4 is 0 Å². The fourth-order valence-corrected chi connectivity index (χ4v) is 1.22. The normalized spacial score (nSPS) is 9.25. The highest BCUT2D eigenvalue weighted by Crippen LogP contribution is 2.08. The molecule has 1 rings (SSSR count). The van der Waals surface area contributed by atoms with Crippen LogP contribution in [0.2, 0.25) is 0 Å². The van der Waals surface area contributed by atoms with E-state index in [2.05, 4.69) is 4.74 Å². The monoisotopic (exact) mass is 217 g/mol. The fourth-order valence-electron chi connectivity index (χ4n) is 1.22. The van der Waals surface area contributed by atoms with Crippen molar-refractivity contribution in [2.75, 3.05) is 7.11 Å². The molecule has 0 atom stereocenters. The molecule has 0 amide bonds. The zero-order valence-corrected chi connectivity index (χ0v) is 8.90. The van der Waals surface area contributed by atoms with E-state index in [4.69, 9.17) is 5.26 Å². The molecule has 0 unspecified atom stereocenters. The first-order valence-corrected chi connectivity index (χ1v) is 4.77. The Kier molecular flexibility index (Phi) is 4.22. The van der Waals surface area contributed by atoms with Gasteiger partial charge in [-0.15, -0.1) is 0 Å². The smallest absolute Gasteiger partial charge is 0.305 e. The molecule has 0 saturated heterocycles. The van der Waals surface area contributed by atoms with Gasteiger partial charge in [-0.2, -0.15) is 5.26 Å². The zero-order chi connectivity index (χ0) is 12.0. The highest BCUT2D eigenvalue weighted by molar-refractivity contribution is 5.97. The van der Waals surface area contributed by atoms with Crippen LogP contribution in [0.15, 0.2) is 24.3 Å². The molecule has 0 fully saturated rings. The molecule has 0 bridgehead atoms. The number of Topliss-reactive ketones (excluding diaryl/α,β-unsaturated/α-hetero) is 1. The molecule has 1 aromatic carbocycles. The Morgan fingerprint density at radius 2 is 2.12 bits per heavy atom. The lowest BCUT2D eigenvalue weighted by Gasteiger charge is -2.00. The number of esters is 1. The zero-order valence-electron chi connectivity index (χ0n) is 8.90. The van der Waals surface area contributed by atoms with Gasteiger partial charge >= 0.3 is 5.97 Å². The molecule has 4 nitrogen and oxygen atoms in total. The number of ether oxygens (including phenoxy) is 1. The van der Waals surface area contributed by atoms with Crippen LogP contribution in [0.3, 0.4) is 0 Å². The number of methoxy groups -OCH3 is 1. The molecule has 16 heavy (non-hydrogen) atoms. The molecule has 0 aliphatic heterocycles. The minimum Gasteiger partial charge on any atom is -0.469 e. The van der Waals surface area contributed by atoms with Crippen molar-refractivity contribution in [1.82, 2.24) is 0 Å². The van der Waals surface area contributed by atoms with Crippen molar-refractivity contribution in [3.63, 3.8) is 0 Å². The van der Waals surface area contributed by atoms with Gasteiger partial charge < -0.3 is 4.74 Å². The number of carbonyl (C=O) groups excluding carboxylic acids is 2. The Hall–Kier alpha value is -2.15. The third-order valence-electron chi connectivity index (χ3n) is 2.10. The highest BCUT2D eigenvalue weighted by Gasteiger charge is 2.09. The van der Waals surface area contributed by atoms with Crippen molar-refractivity contribution in [3.8, 4) is 6.07 Å². The summed E-state index contributed by atoms with van der Waals surface area (Å²) < 4.78 is 4.44. The Morgan fingerprint density at radius 1 is 1.38 bits per heavy atom. The summed E-state index contributed by atoms with van der Waals surface area (Å²) in [7, 11) is 1.28. The maximum atomic E-state index is 11.6. The molecular weight excluding hydrogens is 206 g/mol. The van der Waals surface area contributed by atoms with E-state index in [-0.39, 0.29) is 18.6 Å². The molecule has 0 saturated carbocycles. The third-order valence-corrected chi connectivity index (χ3v) is 2.10. The molecule has 1 aromatic rings. The van der Waals surface area contributed by atoms with Crippen LogP contribution in [0.4, 0.5) is 0 Å². The summed E-state index contributed by atoms with van der Waals surface area (Å²) in [5.41, 5.74) is 0.881. The average Bonchev–Trinajstić information content (AvgIpc) is 2.35. The van der Waals surface area contributed by atoms with Crippen LogP contribution in [0.25, 0.3) is 0 Å². The molecule has 0 aliphatic rings. The van der Waals surface area contributed by atoms with E-state index in [0.29, 0.717) is 11.1 Å². The largest absolute Gasteiger partial charge is 0.469 e. The summed E-state index contributed by atoms with van der Waals surface area (Å²) in [5, 5.41) is 8.66. The molecule has 0 radical (unpaired) electrons. The second-order valence-electron chi connectivity index (χ2n) is 3.19. The molecule has 82 valence electrons. The van der Waals surface area contributed by atoms with Crippen molar-refractivity contribution in [2.45, 2.75) is 12.8 Å². The fraction of sp³-hybridized carbons (Fsp3) is 0.250. The van der Waals surface area contributed by atoms with Crippen LogP contribution in [-0.4, -0.2) is 18.9 Å². The first-order chi connectivity index (χ1) is 7.67. The van der Waals surface area contributed by atoms with Crippen LogP contribution in [0.1, 0.15) is 28.8 Å². The summed E-state index contributed by atoms with van der Waals surface area (Å²) in [6, 6.07) is 8.36. The van der Waals surface area contributed by atoms with E-state index in [1.54, 1.807) is 18.2 Å². The summed E-state index contributed by atoms with van der Waals surface area (Å²) >= 11 is 0.